The summed E-state index contributed by atoms with van der Waals surface area (Å²) in [5.74, 6) is -0.564. The van der Waals surface area contributed by atoms with Crippen molar-refractivity contribution in [2.75, 3.05) is 19.6 Å². The minimum atomic E-state index is -5.08. The molecule has 2 aromatic rings. The van der Waals surface area contributed by atoms with Gasteiger partial charge in [0.2, 0.25) is 5.91 Å². The van der Waals surface area contributed by atoms with Crippen LogP contribution >= 0.6 is 0 Å². The fourth-order valence-electron chi connectivity index (χ4n) is 3.58. The van der Waals surface area contributed by atoms with Crippen LogP contribution in [0.5, 0.6) is 0 Å². The number of nitrogens with one attached hydrogen (secondary N) is 2. The lowest BCUT2D eigenvalue weighted by Crippen LogP contribution is -2.44. The maximum Gasteiger partial charge on any atom is 0.490 e. The Hall–Kier alpha value is -3.68. The number of primary amides is 1. The van der Waals surface area contributed by atoms with Crippen molar-refractivity contribution in [1.82, 2.24) is 30.3 Å². The molecule has 3 heterocycles. The SMILES string of the molecule is NC(=O)NC(CC(=O)N1CCn2c(nnc2C2CNC2)C1)c1ccccc1.O=C(O)C(F)(F)F. The minimum absolute atomic E-state index is 0.0429. The average molecular weight is 483 g/mol. The van der Waals surface area contributed by atoms with Crippen LogP contribution in [0.25, 0.3) is 0 Å². The van der Waals surface area contributed by atoms with Crippen LogP contribution in [0.15, 0.2) is 30.3 Å². The van der Waals surface area contributed by atoms with Gasteiger partial charge in [0.15, 0.2) is 5.82 Å². The Morgan fingerprint density at radius 1 is 1.18 bits per heavy atom. The van der Waals surface area contributed by atoms with Crippen molar-refractivity contribution in [2.24, 2.45) is 5.73 Å². The molecule has 4 rings (SSSR count). The number of nitrogens with zero attached hydrogens (tertiary/aromatic N) is 4. The smallest absolute Gasteiger partial charge is 0.475 e. The largest absolute Gasteiger partial charge is 0.490 e. The molecule has 1 fully saturated rings. The molecule has 0 spiro atoms. The number of benzene rings is 1. The molecule has 1 saturated heterocycles. The molecule has 2 aliphatic rings. The standard InChI is InChI=1S/C18H23N7O2.C2HF3O2/c19-18(27)21-14(12-4-2-1-3-5-12)8-16(26)24-6-7-25-15(11-24)22-23-17(25)13-9-20-10-13;3-2(4,5)1(6)7/h1-5,13-14,20H,6-11H2,(H3,19,21,27);(H,6,7). The lowest BCUT2D eigenvalue weighted by molar-refractivity contribution is -0.192. The molecular weight excluding hydrogens is 459 g/mol. The van der Waals surface area contributed by atoms with Crippen LogP contribution in [0, 0.1) is 0 Å². The first-order valence-corrected chi connectivity index (χ1v) is 10.4. The summed E-state index contributed by atoms with van der Waals surface area (Å²) in [6.07, 6.45) is -4.93. The summed E-state index contributed by atoms with van der Waals surface area (Å²) >= 11 is 0. The number of carbonyl (C=O) groups is 3. The average Bonchev–Trinajstić information content (AvgIpc) is 3.15. The summed E-state index contributed by atoms with van der Waals surface area (Å²) in [5, 5.41) is 21.6. The first kappa shape index (κ1) is 25.0. The molecule has 0 radical (unpaired) electrons. The molecule has 34 heavy (non-hydrogen) atoms. The molecule has 14 heteroatoms. The third-order valence-corrected chi connectivity index (χ3v) is 5.42. The van der Waals surface area contributed by atoms with Gasteiger partial charge in [-0.05, 0) is 5.56 Å². The second-order valence-electron chi connectivity index (χ2n) is 7.78. The van der Waals surface area contributed by atoms with Gasteiger partial charge in [0.25, 0.3) is 0 Å². The van der Waals surface area contributed by atoms with E-state index in [9.17, 15) is 22.8 Å². The second-order valence-corrected chi connectivity index (χ2v) is 7.78. The molecule has 2 aliphatic heterocycles. The number of rotatable bonds is 5. The van der Waals surface area contributed by atoms with E-state index in [4.69, 9.17) is 15.6 Å². The zero-order chi connectivity index (χ0) is 24.9. The van der Waals surface area contributed by atoms with Gasteiger partial charge in [0.1, 0.15) is 5.82 Å². The van der Waals surface area contributed by atoms with Crippen molar-refractivity contribution in [2.45, 2.75) is 37.6 Å². The number of carbonyl (C=O) groups excluding carboxylic acids is 2. The molecule has 1 aromatic carbocycles. The second kappa shape index (κ2) is 10.5. The molecule has 0 saturated carbocycles. The number of fused-ring (bicyclic) bond motifs is 1. The van der Waals surface area contributed by atoms with Crippen molar-refractivity contribution in [3.63, 3.8) is 0 Å². The first-order valence-electron chi connectivity index (χ1n) is 10.4. The number of hydrogen-bond donors (Lipinski definition) is 4. The van der Waals surface area contributed by atoms with E-state index in [-0.39, 0.29) is 12.3 Å². The Balaban J connectivity index is 0.000000406. The van der Waals surface area contributed by atoms with E-state index in [0.29, 0.717) is 25.6 Å². The highest BCUT2D eigenvalue weighted by atomic mass is 19.4. The Labute approximate surface area is 192 Å². The summed E-state index contributed by atoms with van der Waals surface area (Å²) in [4.78, 5) is 34.9. The van der Waals surface area contributed by atoms with Gasteiger partial charge in [-0.3, -0.25) is 4.79 Å². The number of aliphatic carboxylic acids is 1. The Kier molecular flexibility index (Phi) is 7.71. The lowest BCUT2D eigenvalue weighted by atomic mass is 10.0. The number of carboxylic acid groups (broad SMARTS) is 1. The van der Waals surface area contributed by atoms with Gasteiger partial charge in [-0.25, -0.2) is 9.59 Å². The summed E-state index contributed by atoms with van der Waals surface area (Å²) in [6.45, 7) is 3.59. The number of aromatic nitrogens is 3. The van der Waals surface area contributed by atoms with Gasteiger partial charge in [-0.15, -0.1) is 10.2 Å². The first-order chi connectivity index (χ1) is 16.1. The zero-order valence-electron chi connectivity index (χ0n) is 18.0. The normalized spacial score (nSPS) is 16.4. The predicted octanol–water partition coefficient (Wildman–Crippen LogP) is 0.740. The fourth-order valence-corrected chi connectivity index (χ4v) is 3.58. The number of urea groups is 1. The van der Waals surface area contributed by atoms with Gasteiger partial charge in [0, 0.05) is 32.1 Å². The monoisotopic (exact) mass is 483 g/mol. The molecule has 1 aromatic heterocycles. The minimum Gasteiger partial charge on any atom is -0.475 e. The molecule has 1 atom stereocenters. The Morgan fingerprint density at radius 3 is 2.35 bits per heavy atom. The van der Waals surface area contributed by atoms with Crippen LogP contribution in [-0.2, 0) is 22.7 Å². The van der Waals surface area contributed by atoms with Gasteiger partial charge < -0.3 is 30.9 Å². The summed E-state index contributed by atoms with van der Waals surface area (Å²) in [6, 6.07) is 8.28. The molecule has 5 N–H and O–H groups in total. The maximum absolute atomic E-state index is 12.8. The van der Waals surface area contributed by atoms with E-state index in [2.05, 4.69) is 25.4 Å². The molecule has 1 unspecified atom stereocenters. The Morgan fingerprint density at radius 2 is 1.82 bits per heavy atom. The van der Waals surface area contributed by atoms with Crippen LogP contribution in [0.4, 0.5) is 18.0 Å². The number of nitrogens with two attached hydrogens (primary N) is 1. The quantitative estimate of drug-likeness (QED) is 0.489. The van der Waals surface area contributed by atoms with Crippen molar-refractivity contribution < 1.29 is 32.7 Å². The van der Waals surface area contributed by atoms with E-state index in [1.165, 1.54) is 0 Å². The highest BCUT2D eigenvalue weighted by Gasteiger charge is 2.38. The van der Waals surface area contributed by atoms with Crippen LogP contribution in [0.3, 0.4) is 0 Å². The van der Waals surface area contributed by atoms with Gasteiger partial charge >= 0.3 is 18.2 Å². The van der Waals surface area contributed by atoms with E-state index >= 15 is 0 Å². The van der Waals surface area contributed by atoms with Gasteiger partial charge in [-0.2, -0.15) is 13.2 Å². The molecule has 0 bridgehead atoms. The molecule has 0 aliphatic carbocycles. The van der Waals surface area contributed by atoms with Gasteiger partial charge in [-0.1, -0.05) is 30.3 Å². The van der Waals surface area contributed by atoms with Crippen LogP contribution < -0.4 is 16.4 Å². The summed E-state index contributed by atoms with van der Waals surface area (Å²) < 4.78 is 33.9. The predicted molar refractivity (Wildman–Crippen MR) is 111 cm³/mol. The molecule has 11 nitrogen and oxygen atoms in total. The number of hydrogen-bond acceptors (Lipinski definition) is 6. The maximum atomic E-state index is 12.8. The number of carboxylic acids is 1. The van der Waals surface area contributed by atoms with E-state index in [1.54, 1.807) is 4.90 Å². The lowest BCUT2D eigenvalue weighted by Gasteiger charge is -2.32. The fraction of sp³-hybridized carbons (Fsp3) is 0.450. The van der Waals surface area contributed by atoms with Crippen LogP contribution in [-0.4, -0.2) is 68.5 Å². The van der Waals surface area contributed by atoms with E-state index in [0.717, 1.165) is 30.3 Å². The number of halogens is 3. The van der Waals surface area contributed by atoms with Crippen molar-refractivity contribution in [1.29, 1.82) is 0 Å². The Bertz CT molecular complexity index is 1020. The van der Waals surface area contributed by atoms with Crippen LogP contribution in [0.1, 0.15) is 35.6 Å². The third kappa shape index (κ3) is 6.21. The number of amides is 3. The highest BCUT2D eigenvalue weighted by molar-refractivity contribution is 5.79. The van der Waals surface area contributed by atoms with Crippen molar-refractivity contribution >= 4 is 17.9 Å². The summed E-state index contributed by atoms with van der Waals surface area (Å²) in [5.41, 5.74) is 6.15. The van der Waals surface area contributed by atoms with E-state index < -0.39 is 24.2 Å². The summed E-state index contributed by atoms with van der Waals surface area (Å²) in [7, 11) is 0. The van der Waals surface area contributed by atoms with Gasteiger partial charge in [0.05, 0.1) is 19.0 Å². The topological polar surface area (TPSA) is 155 Å². The van der Waals surface area contributed by atoms with Crippen molar-refractivity contribution in [3.8, 4) is 0 Å². The molecule has 184 valence electrons. The van der Waals surface area contributed by atoms with Crippen LogP contribution in [0.2, 0.25) is 0 Å². The zero-order valence-corrected chi connectivity index (χ0v) is 18.0. The molecular formula is C20H24F3N7O4. The van der Waals surface area contributed by atoms with Crippen molar-refractivity contribution in [3.05, 3.63) is 47.5 Å². The highest BCUT2D eigenvalue weighted by Crippen LogP contribution is 2.23. The number of alkyl halides is 3. The third-order valence-electron chi connectivity index (χ3n) is 5.42. The van der Waals surface area contributed by atoms with E-state index in [1.807, 2.05) is 30.3 Å². The molecule has 3 amide bonds.